The summed E-state index contributed by atoms with van der Waals surface area (Å²) < 4.78 is 27.0. The largest absolute Gasteiger partial charge is 0.380 e. The summed E-state index contributed by atoms with van der Waals surface area (Å²) in [6, 6.07) is 7.66. The van der Waals surface area contributed by atoms with Gasteiger partial charge < -0.3 is 5.32 Å². The maximum absolute atomic E-state index is 13.5. The van der Waals surface area contributed by atoms with Crippen molar-refractivity contribution in [2.24, 2.45) is 0 Å². The van der Waals surface area contributed by atoms with Gasteiger partial charge >= 0.3 is 0 Å². The minimum Gasteiger partial charge on any atom is -0.380 e. The second-order valence-electron chi connectivity index (χ2n) is 3.68. The van der Waals surface area contributed by atoms with Crippen LogP contribution in [-0.4, -0.2) is 6.54 Å². The third-order valence-corrected chi connectivity index (χ3v) is 3.36. The van der Waals surface area contributed by atoms with Crippen molar-refractivity contribution in [2.45, 2.75) is 6.42 Å². The third-order valence-electron chi connectivity index (χ3n) is 2.42. The number of nitrogens with zero attached hydrogens (tertiary/aromatic N) is 1. The van der Waals surface area contributed by atoms with Gasteiger partial charge in [0.1, 0.15) is 5.69 Å². The fourth-order valence-corrected chi connectivity index (χ4v) is 2.28. The van der Waals surface area contributed by atoms with Crippen molar-refractivity contribution >= 4 is 17.0 Å². The highest BCUT2D eigenvalue weighted by Crippen LogP contribution is 2.20. The molecule has 2 rings (SSSR count). The Bertz CT molecular complexity index is 550. The molecule has 0 aliphatic heterocycles. The predicted octanol–water partition coefficient (Wildman–Crippen LogP) is 3.55. The van der Waals surface area contributed by atoms with Crippen molar-refractivity contribution in [2.75, 3.05) is 11.9 Å². The first kappa shape index (κ1) is 12.5. The molecule has 0 radical (unpaired) electrons. The molecule has 1 aromatic heterocycles. The van der Waals surface area contributed by atoms with E-state index in [4.69, 9.17) is 5.26 Å². The molecule has 0 saturated carbocycles. The van der Waals surface area contributed by atoms with Crippen LogP contribution in [-0.2, 0) is 6.42 Å². The number of hydrogen-bond acceptors (Lipinski definition) is 3. The summed E-state index contributed by atoms with van der Waals surface area (Å²) >= 11 is 1.60. The Morgan fingerprint density at radius 3 is 2.56 bits per heavy atom. The molecule has 92 valence electrons. The third kappa shape index (κ3) is 2.84. The highest BCUT2D eigenvalue weighted by atomic mass is 32.1. The Balaban J connectivity index is 2.03. The van der Waals surface area contributed by atoms with E-state index in [1.165, 1.54) is 0 Å². The van der Waals surface area contributed by atoms with Gasteiger partial charge in [0, 0.05) is 11.4 Å². The van der Waals surface area contributed by atoms with Crippen molar-refractivity contribution in [1.29, 1.82) is 5.26 Å². The molecule has 0 saturated heterocycles. The molecule has 5 heteroatoms. The lowest BCUT2D eigenvalue weighted by Crippen LogP contribution is -2.07. The van der Waals surface area contributed by atoms with Crippen LogP contribution in [0.4, 0.5) is 14.5 Å². The second kappa shape index (κ2) is 5.61. The molecule has 0 bridgehead atoms. The number of benzene rings is 1. The van der Waals surface area contributed by atoms with Gasteiger partial charge in [0.15, 0.2) is 11.6 Å². The lowest BCUT2D eigenvalue weighted by Gasteiger charge is -2.08. The number of hydrogen-bond donors (Lipinski definition) is 1. The van der Waals surface area contributed by atoms with Gasteiger partial charge in [-0.1, -0.05) is 6.07 Å². The standard InChI is InChI=1S/C13H10F2N2S/c14-11-6-9(8-16)7-12(15)13(11)17-4-3-10-2-1-5-18-10/h1-2,5-7,17H,3-4H2. The first-order valence-corrected chi connectivity index (χ1v) is 6.24. The molecule has 1 aromatic carbocycles. The monoisotopic (exact) mass is 264 g/mol. The van der Waals surface area contributed by atoms with Crippen molar-refractivity contribution in [3.05, 3.63) is 51.7 Å². The Morgan fingerprint density at radius 2 is 2.00 bits per heavy atom. The molecular weight excluding hydrogens is 254 g/mol. The molecule has 0 amide bonds. The van der Waals surface area contributed by atoms with Crippen molar-refractivity contribution < 1.29 is 8.78 Å². The number of thiophene rings is 1. The van der Waals surface area contributed by atoms with Crippen LogP contribution in [0.5, 0.6) is 0 Å². The van der Waals surface area contributed by atoms with Gasteiger partial charge in [0.2, 0.25) is 0 Å². The maximum Gasteiger partial charge on any atom is 0.150 e. The highest BCUT2D eigenvalue weighted by Gasteiger charge is 2.10. The molecule has 0 unspecified atom stereocenters. The summed E-state index contributed by atoms with van der Waals surface area (Å²) in [7, 11) is 0. The first-order chi connectivity index (χ1) is 8.70. The summed E-state index contributed by atoms with van der Waals surface area (Å²) in [4.78, 5) is 1.15. The summed E-state index contributed by atoms with van der Waals surface area (Å²) in [5, 5.41) is 13.3. The van der Waals surface area contributed by atoms with Crippen LogP contribution in [0.1, 0.15) is 10.4 Å². The van der Waals surface area contributed by atoms with E-state index in [9.17, 15) is 8.78 Å². The molecule has 18 heavy (non-hydrogen) atoms. The van der Waals surface area contributed by atoms with Gasteiger partial charge in [-0.25, -0.2) is 8.78 Å². The lowest BCUT2D eigenvalue weighted by molar-refractivity contribution is 0.587. The smallest absolute Gasteiger partial charge is 0.150 e. The molecule has 0 aliphatic rings. The Kier molecular flexibility index (Phi) is 3.90. The quantitative estimate of drug-likeness (QED) is 0.916. The zero-order valence-electron chi connectivity index (χ0n) is 9.41. The van der Waals surface area contributed by atoms with Gasteiger partial charge in [0.05, 0.1) is 11.6 Å². The minimum absolute atomic E-state index is 0.0196. The summed E-state index contributed by atoms with van der Waals surface area (Å²) in [5.41, 5.74) is -0.195. The van der Waals surface area contributed by atoms with E-state index in [0.717, 1.165) is 17.0 Å². The number of halogens is 2. The predicted molar refractivity (Wildman–Crippen MR) is 67.6 cm³/mol. The van der Waals surface area contributed by atoms with E-state index < -0.39 is 11.6 Å². The second-order valence-corrected chi connectivity index (χ2v) is 4.72. The zero-order valence-corrected chi connectivity index (χ0v) is 10.2. The van der Waals surface area contributed by atoms with E-state index in [0.29, 0.717) is 13.0 Å². The Labute approximate surface area is 107 Å². The van der Waals surface area contributed by atoms with E-state index in [2.05, 4.69) is 5.32 Å². The maximum atomic E-state index is 13.5. The van der Waals surface area contributed by atoms with Crippen molar-refractivity contribution in [1.82, 2.24) is 0 Å². The van der Waals surface area contributed by atoms with Crippen molar-refractivity contribution in [3.8, 4) is 6.07 Å². The van der Waals surface area contributed by atoms with Gasteiger partial charge in [-0.3, -0.25) is 0 Å². The molecule has 2 nitrogen and oxygen atoms in total. The van der Waals surface area contributed by atoms with Crippen molar-refractivity contribution in [3.63, 3.8) is 0 Å². The SMILES string of the molecule is N#Cc1cc(F)c(NCCc2cccs2)c(F)c1. The van der Waals surface area contributed by atoms with Crippen LogP contribution >= 0.6 is 11.3 Å². The zero-order chi connectivity index (χ0) is 13.0. The van der Waals surface area contributed by atoms with E-state index in [1.54, 1.807) is 17.4 Å². The highest BCUT2D eigenvalue weighted by molar-refractivity contribution is 7.09. The molecular formula is C13H10F2N2S. The molecule has 0 atom stereocenters. The molecule has 0 spiro atoms. The normalized spacial score (nSPS) is 10.1. The minimum atomic E-state index is -0.738. The molecule has 0 aliphatic carbocycles. The average Bonchev–Trinajstić information content (AvgIpc) is 2.85. The topological polar surface area (TPSA) is 35.8 Å². The number of nitriles is 1. The Morgan fingerprint density at radius 1 is 1.28 bits per heavy atom. The molecule has 1 heterocycles. The molecule has 0 fully saturated rings. The average molecular weight is 264 g/mol. The van der Waals surface area contributed by atoms with Crippen LogP contribution in [0.15, 0.2) is 29.6 Å². The van der Waals surface area contributed by atoms with Gasteiger partial charge in [0.25, 0.3) is 0 Å². The summed E-state index contributed by atoms with van der Waals surface area (Å²) in [6.45, 7) is 0.445. The van der Waals surface area contributed by atoms with Gasteiger partial charge in [-0.15, -0.1) is 11.3 Å². The lowest BCUT2D eigenvalue weighted by atomic mass is 10.2. The van der Waals surface area contributed by atoms with Crippen LogP contribution < -0.4 is 5.32 Å². The Hall–Kier alpha value is -1.93. The number of rotatable bonds is 4. The fourth-order valence-electron chi connectivity index (χ4n) is 1.57. The van der Waals surface area contributed by atoms with Crippen LogP contribution in [0.3, 0.4) is 0 Å². The van der Waals surface area contributed by atoms with E-state index in [-0.39, 0.29) is 11.3 Å². The summed E-state index contributed by atoms with van der Waals surface area (Å²) in [5.74, 6) is -1.48. The number of nitrogens with one attached hydrogen (secondary N) is 1. The van der Waals surface area contributed by atoms with E-state index in [1.807, 2.05) is 17.5 Å². The van der Waals surface area contributed by atoms with Gasteiger partial charge in [-0.2, -0.15) is 5.26 Å². The summed E-state index contributed by atoms with van der Waals surface area (Å²) in [6.07, 6.45) is 0.705. The molecule has 2 aromatic rings. The number of anilines is 1. The van der Waals surface area contributed by atoms with Gasteiger partial charge in [-0.05, 0) is 30.0 Å². The van der Waals surface area contributed by atoms with Crippen LogP contribution in [0, 0.1) is 23.0 Å². The fraction of sp³-hybridized carbons (Fsp3) is 0.154. The van der Waals surface area contributed by atoms with E-state index >= 15 is 0 Å². The van der Waals surface area contributed by atoms with Crippen LogP contribution in [0.25, 0.3) is 0 Å². The molecule has 1 N–H and O–H groups in total. The van der Waals surface area contributed by atoms with Crippen LogP contribution in [0.2, 0.25) is 0 Å². The first-order valence-electron chi connectivity index (χ1n) is 5.36.